The molecule has 1 aromatic rings. The number of rotatable bonds is 10. The van der Waals surface area contributed by atoms with Crippen molar-refractivity contribution < 1.29 is 14.2 Å². The molecule has 0 amide bonds. The van der Waals surface area contributed by atoms with E-state index in [0.29, 0.717) is 19.3 Å². The monoisotopic (exact) mass is 293 g/mol. The van der Waals surface area contributed by atoms with Crippen LogP contribution in [0.3, 0.4) is 0 Å². The van der Waals surface area contributed by atoms with Crippen LogP contribution >= 0.6 is 0 Å². The van der Waals surface area contributed by atoms with Crippen molar-refractivity contribution in [2.45, 2.75) is 26.3 Å². The van der Waals surface area contributed by atoms with Crippen molar-refractivity contribution in [1.29, 1.82) is 0 Å². The van der Waals surface area contributed by atoms with Crippen molar-refractivity contribution >= 4 is 0 Å². The van der Waals surface area contributed by atoms with Gasteiger partial charge in [0.05, 0.1) is 27.4 Å². The molecule has 0 saturated carbocycles. The van der Waals surface area contributed by atoms with Crippen molar-refractivity contribution in [2.24, 2.45) is 0 Å². The Kier molecular flexibility index (Phi) is 7.87. The third kappa shape index (κ3) is 6.65. The molecule has 0 aliphatic carbocycles. The molecular weight excluding hydrogens is 266 g/mol. The predicted molar refractivity (Wildman–Crippen MR) is 86.3 cm³/mol. The molecule has 0 aromatic heterocycles. The van der Waals surface area contributed by atoms with Crippen molar-refractivity contribution in [3.8, 4) is 11.5 Å². The lowest BCUT2D eigenvalue weighted by atomic mass is 10.1. The van der Waals surface area contributed by atoms with Crippen LogP contribution < -0.4 is 14.8 Å². The van der Waals surface area contributed by atoms with E-state index in [9.17, 15) is 0 Å². The lowest BCUT2D eigenvalue weighted by Crippen LogP contribution is -2.31. The number of benzene rings is 1. The van der Waals surface area contributed by atoms with Crippen LogP contribution in [0.4, 0.5) is 0 Å². The van der Waals surface area contributed by atoms with E-state index in [2.05, 4.69) is 24.9 Å². The fourth-order valence-electron chi connectivity index (χ4n) is 2.06. The van der Waals surface area contributed by atoms with E-state index in [4.69, 9.17) is 14.2 Å². The van der Waals surface area contributed by atoms with Crippen molar-refractivity contribution in [3.05, 3.63) is 35.9 Å². The van der Waals surface area contributed by atoms with Gasteiger partial charge in [-0.2, -0.15) is 0 Å². The molecule has 0 heterocycles. The molecule has 1 aromatic carbocycles. The summed E-state index contributed by atoms with van der Waals surface area (Å²) >= 11 is 0. The van der Waals surface area contributed by atoms with Gasteiger partial charge in [0.2, 0.25) is 0 Å². The maximum absolute atomic E-state index is 5.46. The highest BCUT2D eigenvalue weighted by molar-refractivity contribution is 5.43. The second-order valence-corrected chi connectivity index (χ2v) is 5.26. The quantitative estimate of drug-likeness (QED) is 0.532. The molecule has 0 aliphatic rings. The van der Waals surface area contributed by atoms with Gasteiger partial charge in [0.15, 0.2) is 11.5 Å². The Hall–Kier alpha value is -1.52. The maximum atomic E-state index is 5.46. The standard InChI is InChI=1S/C17H27NO3/c1-13(2)12-21-9-8-18-14(3)10-15-6-7-16(19-4)17(11-15)20-5/h6-7,11,14,18H,1,8-10,12H2,2-5H3. The number of hydrogen-bond donors (Lipinski definition) is 1. The average Bonchev–Trinajstić information content (AvgIpc) is 2.46. The van der Waals surface area contributed by atoms with Crippen LogP contribution in [-0.2, 0) is 11.2 Å². The smallest absolute Gasteiger partial charge is 0.160 e. The topological polar surface area (TPSA) is 39.7 Å². The first-order chi connectivity index (χ1) is 10.1. The molecule has 1 unspecified atom stereocenters. The lowest BCUT2D eigenvalue weighted by Gasteiger charge is -2.15. The van der Waals surface area contributed by atoms with Crippen LogP contribution in [0.25, 0.3) is 0 Å². The van der Waals surface area contributed by atoms with E-state index in [1.165, 1.54) is 5.56 Å². The van der Waals surface area contributed by atoms with Crippen molar-refractivity contribution in [3.63, 3.8) is 0 Å². The molecule has 4 heteroatoms. The molecule has 1 N–H and O–H groups in total. The van der Waals surface area contributed by atoms with E-state index >= 15 is 0 Å². The van der Waals surface area contributed by atoms with Crippen LogP contribution in [0.2, 0.25) is 0 Å². The molecular formula is C17H27NO3. The minimum atomic E-state index is 0.372. The van der Waals surface area contributed by atoms with Gasteiger partial charge in [-0.25, -0.2) is 0 Å². The Morgan fingerprint density at radius 1 is 1.24 bits per heavy atom. The van der Waals surface area contributed by atoms with Gasteiger partial charge < -0.3 is 19.5 Å². The van der Waals surface area contributed by atoms with Crippen molar-refractivity contribution in [1.82, 2.24) is 5.32 Å². The zero-order valence-corrected chi connectivity index (χ0v) is 13.6. The first-order valence-corrected chi connectivity index (χ1v) is 7.23. The SMILES string of the molecule is C=C(C)COCCNC(C)Cc1ccc(OC)c(OC)c1. The summed E-state index contributed by atoms with van der Waals surface area (Å²) in [5, 5.41) is 3.44. The zero-order chi connectivity index (χ0) is 15.7. The summed E-state index contributed by atoms with van der Waals surface area (Å²) in [6, 6.07) is 6.40. The van der Waals surface area contributed by atoms with Gasteiger partial charge in [-0.05, 0) is 38.0 Å². The molecule has 0 radical (unpaired) electrons. The number of nitrogens with one attached hydrogen (secondary N) is 1. The third-order valence-electron chi connectivity index (χ3n) is 3.08. The average molecular weight is 293 g/mol. The maximum Gasteiger partial charge on any atom is 0.160 e. The normalized spacial score (nSPS) is 12.0. The lowest BCUT2D eigenvalue weighted by molar-refractivity contribution is 0.156. The number of ether oxygens (including phenoxy) is 3. The van der Waals surface area contributed by atoms with Gasteiger partial charge in [-0.1, -0.05) is 18.2 Å². The van der Waals surface area contributed by atoms with Crippen LogP contribution in [-0.4, -0.2) is 40.0 Å². The summed E-state index contributed by atoms with van der Waals surface area (Å²) in [7, 11) is 3.30. The predicted octanol–water partition coefficient (Wildman–Crippen LogP) is 2.82. The summed E-state index contributed by atoms with van der Waals surface area (Å²) in [4.78, 5) is 0. The van der Waals surface area contributed by atoms with E-state index in [1.807, 2.05) is 19.1 Å². The third-order valence-corrected chi connectivity index (χ3v) is 3.08. The highest BCUT2D eigenvalue weighted by atomic mass is 16.5. The fraction of sp³-hybridized carbons (Fsp3) is 0.529. The van der Waals surface area contributed by atoms with Gasteiger partial charge in [-0.15, -0.1) is 0 Å². The number of hydrogen-bond acceptors (Lipinski definition) is 4. The first-order valence-electron chi connectivity index (χ1n) is 7.23. The molecule has 1 atom stereocenters. The second kappa shape index (κ2) is 9.42. The fourth-order valence-corrected chi connectivity index (χ4v) is 2.06. The first kappa shape index (κ1) is 17.5. The van der Waals surface area contributed by atoms with Gasteiger partial charge >= 0.3 is 0 Å². The van der Waals surface area contributed by atoms with Crippen LogP contribution in [0.1, 0.15) is 19.4 Å². The Balaban J connectivity index is 2.37. The minimum absolute atomic E-state index is 0.372. The summed E-state index contributed by atoms with van der Waals surface area (Å²) in [6.07, 6.45) is 0.931. The Morgan fingerprint density at radius 3 is 2.57 bits per heavy atom. The molecule has 0 bridgehead atoms. The number of methoxy groups -OCH3 is 2. The van der Waals surface area contributed by atoms with E-state index in [-0.39, 0.29) is 0 Å². The molecule has 0 spiro atoms. The minimum Gasteiger partial charge on any atom is -0.493 e. The van der Waals surface area contributed by atoms with E-state index in [1.54, 1.807) is 14.2 Å². The summed E-state index contributed by atoms with van der Waals surface area (Å²) in [5.74, 6) is 1.53. The van der Waals surface area contributed by atoms with E-state index in [0.717, 1.165) is 30.0 Å². The molecule has 0 fully saturated rings. The molecule has 0 saturated heterocycles. The van der Waals surface area contributed by atoms with Gasteiger partial charge in [0.1, 0.15) is 0 Å². The largest absolute Gasteiger partial charge is 0.493 e. The van der Waals surface area contributed by atoms with Crippen LogP contribution in [0, 0.1) is 0 Å². The molecule has 1 rings (SSSR count). The zero-order valence-electron chi connectivity index (χ0n) is 13.6. The van der Waals surface area contributed by atoms with Crippen LogP contribution in [0.5, 0.6) is 11.5 Å². The Morgan fingerprint density at radius 2 is 1.95 bits per heavy atom. The molecule has 21 heavy (non-hydrogen) atoms. The van der Waals surface area contributed by atoms with Gasteiger partial charge in [-0.3, -0.25) is 0 Å². The Labute approximate surface area is 128 Å². The molecule has 118 valence electrons. The summed E-state index contributed by atoms with van der Waals surface area (Å²) < 4.78 is 16.0. The van der Waals surface area contributed by atoms with E-state index < -0.39 is 0 Å². The summed E-state index contributed by atoms with van der Waals surface area (Å²) in [5.41, 5.74) is 2.27. The highest BCUT2D eigenvalue weighted by Gasteiger charge is 2.07. The molecule has 4 nitrogen and oxygen atoms in total. The Bertz CT molecular complexity index is 446. The summed E-state index contributed by atoms with van der Waals surface area (Å²) in [6.45, 7) is 10.1. The second-order valence-electron chi connectivity index (χ2n) is 5.26. The van der Waals surface area contributed by atoms with Gasteiger partial charge in [0, 0.05) is 12.6 Å². The van der Waals surface area contributed by atoms with Crippen molar-refractivity contribution in [2.75, 3.05) is 34.0 Å². The molecule has 0 aliphatic heterocycles. The van der Waals surface area contributed by atoms with Gasteiger partial charge in [0.25, 0.3) is 0 Å². The highest BCUT2D eigenvalue weighted by Crippen LogP contribution is 2.27. The van der Waals surface area contributed by atoms with Crippen LogP contribution in [0.15, 0.2) is 30.4 Å².